The Bertz CT molecular complexity index is 1130. The van der Waals surface area contributed by atoms with E-state index in [4.69, 9.17) is 21.6 Å². The van der Waals surface area contributed by atoms with Gasteiger partial charge in [-0.15, -0.1) is 0 Å². The van der Waals surface area contributed by atoms with E-state index in [-0.39, 0.29) is 18.2 Å². The Hall–Kier alpha value is -1.96. The number of fused-ring (bicyclic) bond motifs is 3. The van der Waals surface area contributed by atoms with Crippen molar-refractivity contribution in [3.05, 3.63) is 46.6 Å². The Balaban J connectivity index is 1.35. The van der Waals surface area contributed by atoms with E-state index < -0.39 is 10.8 Å². The predicted molar refractivity (Wildman–Crippen MR) is 132 cm³/mol. The molecule has 0 amide bonds. The normalized spacial score (nSPS) is 27.5. The van der Waals surface area contributed by atoms with Gasteiger partial charge in [0.05, 0.1) is 34.7 Å². The second-order valence-corrected chi connectivity index (χ2v) is 11.8. The number of aliphatic hydroxyl groups excluding tert-OH is 1. The van der Waals surface area contributed by atoms with E-state index >= 15 is 0 Å². The van der Waals surface area contributed by atoms with Crippen LogP contribution in [0.5, 0.6) is 0 Å². The van der Waals surface area contributed by atoms with Crippen LogP contribution in [0.4, 0.5) is 11.8 Å². The number of aliphatic hydroxyl groups is 1. The van der Waals surface area contributed by atoms with E-state index in [9.17, 15) is 9.32 Å². The summed E-state index contributed by atoms with van der Waals surface area (Å²) in [5.74, 6) is 2.49. The van der Waals surface area contributed by atoms with Crippen LogP contribution >= 0.6 is 11.6 Å². The van der Waals surface area contributed by atoms with Crippen LogP contribution in [-0.2, 0) is 17.2 Å². The lowest BCUT2D eigenvalue weighted by Crippen LogP contribution is -2.49. The summed E-state index contributed by atoms with van der Waals surface area (Å²) in [6.07, 6.45) is 9.07. The minimum absolute atomic E-state index is 0.0648. The fourth-order valence-electron chi connectivity index (χ4n) is 5.71. The lowest BCUT2D eigenvalue weighted by molar-refractivity contribution is 0.143. The van der Waals surface area contributed by atoms with Gasteiger partial charge in [0.25, 0.3) is 0 Å². The van der Waals surface area contributed by atoms with Gasteiger partial charge in [-0.2, -0.15) is 4.98 Å². The van der Waals surface area contributed by atoms with Gasteiger partial charge in [0, 0.05) is 23.2 Å². The molecule has 33 heavy (non-hydrogen) atoms. The molecule has 1 saturated heterocycles. The molecule has 1 saturated carbocycles. The molecule has 3 atom stereocenters. The van der Waals surface area contributed by atoms with Gasteiger partial charge >= 0.3 is 0 Å². The van der Waals surface area contributed by atoms with Crippen molar-refractivity contribution in [1.29, 1.82) is 0 Å². The molecule has 2 N–H and O–H groups in total. The largest absolute Gasteiger partial charge is 0.394 e. The number of aromatic nitrogens is 2. The molecule has 2 fully saturated rings. The highest BCUT2D eigenvalue weighted by Crippen LogP contribution is 2.45. The molecule has 174 valence electrons. The molecule has 4 aliphatic rings. The fraction of sp³-hybridized carbons (Fsp3) is 0.520. The number of nitrogens with one attached hydrogen (secondary N) is 1. The van der Waals surface area contributed by atoms with E-state index in [1.54, 1.807) is 0 Å². The van der Waals surface area contributed by atoms with E-state index in [1.165, 1.54) is 11.1 Å². The Labute approximate surface area is 201 Å². The SMILES string of the molecule is O=S1CCCCc2nc(N3CC4CC3C=C4c3ccc(Cl)cc3)nc(NC3(CO)CCC3)c21. The number of anilines is 2. The zero-order valence-electron chi connectivity index (χ0n) is 18.6. The fourth-order valence-corrected chi connectivity index (χ4v) is 7.23. The topological polar surface area (TPSA) is 78.4 Å². The van der Waals surface area contributed by atoms with Gasteiger partial charge in [-0.1, -0.05) is 29.8 Å². The number of aryl methyl sites for hydroxylation is 1. The summed E-state index contributed by atoms with van der Waals surface area (Å²) in [5, 5.41) is 14.3. The molecule has 0 spiro atoms. The third kappa shape index (κ3) is 3.78. The smallest absolute Gasteiger partial charge is 0.228 e. The molecule has 1 aromatic heterocycles. The van der Waals surface area contributed by atoms with Crippen LogP contribution in [0.3, 0.4) is 0 Å². The molecule has 0 radical (unpaired) electrons. The summed E-state index contributed by atoms with van der Waals surface area (Å²) >= 11 is 6.08. The zero-order chi connectivity index (χ0) is 22.6. The Morgan fingerprint density at radius 3 is 2.67 bits per heavy atom. The summed E-state index contributed by atoms with van der Waals surface area (Å²) in [6.45, 7) is 0.945. The van der Waals surface area contributed by atoms with Crippen molar-refractivity contribution in [2.45, 2.75) is 61.4 Å². The van der Waals surface area contributed by atoms with Gasteiger partial charge < -0.3 is 15.3 Å². The summed E-state index contributed by atoms with van der Waals surface area (Å²) in [7, 11) is -1.11. The monoisotopic (exact) mass is 484 g/mol. The summed E-state index contributed by atoms with van der Waals surface area (Å²) in [5.41, 5.74) is 3.19. The number of hydrogen-bond acceptors (Lipinski definition) is 6. The molecular weight excluding hydrogens is 456 g/mol. The second kappa shape index (κ2) is 8.36. The average molecular weight is 485 g/mol. The van der Waals surface area contributed by atoms with Crippen molar-refractivity contribution in [3.63, 3.8) is 0 Å². The number of halogens is 1. The van der Waals surface area contributed by atoms with Gasteiger partial charge in [-0.3, -0.25) is 4.21 Å². The van der Waals surface area contributed by atoms with Crippen LogP contribution in [0.2, 0.25) is 5.02 Å². The van der Waals surface area contributed by atoms with Crippen molar-refractivity contribution in [1.82, 2.24) is 9.97 Å². The molecule has 8 heteroatoms. The Kier molecular flexibility index (Phi) is 5.46. The summed E-state index contributed by atoms with van der Waals surface area (Å²) in [4.78, 5) is 13.0. The highest BCUT2D eigenvalue weighted by Gasteiger charge is 2.42. The lowest BCUT2D eigenvalue weighted by atomic mass is 9.77. The molecule has 3 heterocycles. The van der Waals surface area contributed by atoms with Crippen LogP contribution in [0.15, 0.2) is 35.2 Å². The average Bonchev–Trinajstić information content (AvgIpc) is 3.35. The van der Waals surface area contributed by atoms with Gasteiger partial charge in [-0.05, 0) is 68.2 Å². The standard InChI is InChI=1S/C25H29ClN4O2S/c26-18-7-5-16(6-8-18)20-13-19-12-17(20)14-30(19)24-27-21-4-1-2-11-33(32)22(21)23(28-24)29-25(15-31)9-3-10-25/h5-8,13,17,19,31H,1-4,9-12,14-15H2,(H,27,28,29). The summed E-state index contributed by atoms with van der Waals surface area (Å²) in [6, 6.07) is 8.36. The molecule has 2 aliphatic carbocycles. The van der Waals surface area contributed by atoms with E-state index in [2.05, 4.69) is 28.4 Å². The second-order valence-electron chi connectivity index (χ2n) is 9.85. The molecule has 3 unspecified atom stereocenters. The first-order valence-electron chi connectivity index (χ1n) is 12.0. The van der Waals surface area contributed by atoms with E-state index in [1.807, 2.05) is 12.1 Å². The van der Waals surface area contributed by atoms with Crippen molar-refractivity contribution >= 4 is 39.7 Å². The molecule has 6 nitrogen and oxygen atoms in total. The minimum atomic E-state index is -1.11. The Morgan fingerprint density at radius 2 is 2.00 bits per heavy atom. The van der Waals surface area contributed by atoms with Crippen molar-refractivity contribution in [3.8, 4) is 0 Å². The van der Waals surface area contributed by atoms with Crippen LogP contribution in [-0.4, -0.2) is 49.8 Å². The van der Waals surface area contributed by atoms with Crippen LogP contribution in [0, 0.1) is 5.92 Å². The van der Waals surface area contributed by atoms with Crippen LogP contribution in [0.1, 0.15) is 49.8 Å². The molecule has 2 aliphatic heterocycles. The predicted octanol–water partition coefficient (Wildman–Crippen LogP) is 4.19. The van der Waals surface area contributed by atoms with Crippen LogP contribution < -0.4 is 10.2 Å². The molecule has 1 aromatic carbocycles. The first-order valence-corrected chi connectivity index (χ1v) is 13.7. The number of hydrogen-bond donors (Lipinski definition) is 2. The molecular formula is C25H29ClN4O2S. The Morgan fingerprint density at radius 1 is 1.18 bits per heavy atom. The van der Waals surface area contributed by atoms with Crippen molar-refractivity contribution in [2.24, 2.45) is 5.92 Å². The maximum Gasteiger partial charge on any atom is 0.228 e. The summed E-state index contributed by atoms with van der Waals surface area (Å²) < 4.78 is 13.1. The maximum atomic E-state index is 13.1. The first-order chi connectivity index (χ1) is 16.0. The number of benzene rings is 1. The molecule has 6 rings (SSSR count). The van der Waals surface area contributed by atoms with Crippen molar-refractivity contribution in [2.75, 3.05) is 29.1 Å². The van der Waals surface area contributed by atoms with E-state index in [0.717, 1.165) is 73.1 Å². The number of rotatable bonds is 5. The zero-order valence-corrected chi connectivity index (χ0v) is 20.2. The molecule has 2 bridgehead atoms. The lowest BCUT2D eigenvalue weighted by Gasteiger charge is -2.42. The van der Waals surface area contributed by atoms with Gasteiger partial charge in [0.1, 0.15) is 10.7 Å². The minimum Gasteiger partial charge on any atom is -0.394 e. The quantitative estimate of drug-likeness (QED) is 0.662. The number of nitrogens with zero attached hydrogens (tertiary/aromatic N) is 3. The van der Waals surface area contributed by atoms with E-state index in [0.29, 0.717) is 17.5 Å². The maximum absolute atomic E-state index is 13.1. The molecule has 2 aromatic rings. The van der Waals surface area contributed by atoms with Crippen LogP contribution in [0.25, 0.3) is 5.57 Å². The first kappa shape index (κ1) is 21.6. The highest BCUT2D eigenvalue weighted by molar-refractivity contribution is 7.85. The van der Waals surface area contributed by atoms with Gasteiger partial charge in [0.15, 0.2) is 0 Å². The van der Waals surface area contributed by atoms with Gasteiger partial charge in [-0.25, -0.2) is 4.98 Å². The third-order valence-electron chi connectivity index (χ3n) is 7.73. The van der Waals surface area contributed by atoms with Gasteiger partial charge in [0.2, 0.25) is 5.95 Å². The highest BCUT2D eigenvalue weighted by atomic mass is 35.5. The van der Waals surface area contributed by atoms with Crippen molar-refractivity contribution < 1.29 is 9.32 Å². The third-order valence-corrected chi connectivity index (χ3v) is 9.53.